The normalized spacial score (nSPS) is 21.9. The fraction of sp³-hybridized carbons (Fsp3) is 0.448. The van der Waals surface area contributed by atoms with Gasteiger partial charge in [0, 0.05) is 26.1 Å². The van der Waals surface area contributed by atoms with Gasteiger partial charge in [-0.05, 0) is 55.9 Å². The average molecular weight is 608 g/mol. The van der Waals surface area contributed by atoms with Gasteiger partial charge in [-0.15, -0.1) is 0 Å². The first-order valence-electron chi connectivity index (χ1n) is 14.1. The van der Waals surface area contributed by atoms with E-state index in [1.807, 2.05) is 0 Å². The smallest absolute Gasteiger partial charge is 0.415 e. The van der Waals surface area contributed by atoms with Crippen LogP contribution in [-0.2, 0) is 14.3 Å². The zero-order chi connectivity index (χ0) is 31.4. The van der Waals surface area contributed by atoms with Crippen molar-refractivity contribution in [1.29, 1.82) is 0 Å². The number of esters is 1. The Hall–Kier alpha value is -4.78. The minimum Gasteiger partial charge on any atom is -0.465 e. The average Bonchev–Trinajstić information content (AvgIpc) is 3.58. The molecule has 2 unspecified atom stereocenters. The third-order valence-corrected chi connectivity index (χ3v) is 7.51. The Kier molecular flexibility index (Phi) is 9.23. The molecule has 2 amide bonds. The number of carbonyl (C=O) groups excluding carboxylic acids is 3. The van der Waals surface area contributed by atoms with Gasteiger partial charge in [0.15, 0.2) is 23.8 Å². The summed E-state index contributed by atoms with van der Waals surface area (Å²) in [4.78, 5) is 51.0. The maximum atomic E-state index is 12.6. The topological polar surface area (TPSA) is 204 Å². The molecule has 0 bridgehead atoms. The molecule has 5 rings (SSSR count). The van der Waals surface area contributed by atoms with Crippen LogP contribution in [0.2, 0.25) is 0 Å². The number of carbonyl (C=O) groups is 3. The zero-order valence-electron chi connectivity index (χ0n) is 24.2. The largest absolute Gasteiger partial charge is 0.465 e. The summed E-state index contributed by atoms with van der Waals surface area (Å²) in [6, 6.07) is 6.14. The molecule has 3 aromatic rings. The van der Waals surface area contributed by atoms with Crippen LogP contribution in [0.25, 0.3) is 11.2 Å². The fourth-order valence-electron chi connectivity index (χ4n) is 5.10. The molecule has 2 aromatic heterocycles. The molecule has 1 aromatic carbocycles. The lowest BCUT2D eigenvalue weighted by atomic mass is 9.94. The molecule has 0 radical (unpaired) electrons. The number of amides is 2. The number of aromatic nitrogens is 4. The van der Waals surface area contributed by atoms with E-state index in [0.717, 1.165) is 12.8 Å². The van der Waals surface area contributed by atoms with E-state index in [1.165, 1.54) is 30.1 Å². The Morgan fingerprint density at radius 3 is 2.55 bits per heavy atom. The summed E-state index contributed by atoms with van der Waals surface area (Å²) < 4.78 is 17.2. The van der Waals surface area contributed by atoms with E-state index >= 15 is 0 Å². The van der Waals surface area contributed by atoms with Gasteiger partial charge in [0.1, 0.15) is 23.5 Å². The Bertz CT molecular complexity index is 1590. The van der Waals surface area contributed by atoms with Gasteiger partial charge in [0.25, 0.3) is 5.91 Å². The number of nitrogen functional groups attached to an aromatic ring is 1. The molecule has 15 heteroatoms. The van der Waals surface area contributed by atoms with E-state index in [0.29, 0.717) is 37.4 Å². The number of likely N-dealkylation sites (tertiary alicyclic amines) is 1. The lowest BCUT2D eigenvalue weighted by molar-refractivity contribution is -0.137. The van der Waals surface area contributed by atoms with Crippen molar-refractivity contribution in [3.63, 3.8) is 0 Å². The van der Waals surface area contributed by atoms with Crippen molar-refractivity contribution in [2.75, 3.05) is 32.5 Å². The van der Waals surface area contributed by atoms with Crippen LogP contribution in [0.4, 0.5) is 10.6 Å². The van der Waals surface area contributed by atoms with Gasteiger partial charge in [0.05, 0.1) is 19.0 Å². The number of fused-ring (bicyclic) bond motifs is 1. The van der Waals surface area contributed by atoms with Crippen molar-refractivity contribution < 1.29 is 38.8 Å². The number of nitrogens with one attached hydrogen (secondary N) is 1. The number of ether oxygens (including phenoxy) is 3. The summed E-state index contributed by atoms with van der Waals surface area (Å²) in [6.45, 7) is 3.09. The van der Waals surface area contributed by atoms with Crippen LogP contribution in [0.3, 0.4) is 0 Å². The number of likely N-dealkylation sites (N-methyl/N-ethyl adjacent to an activating group) is 1. The van der Waals surface area contributed by atoms with Crippen LogP contribution < -0.4 is 15.8 Å². The number of aliphatic hydroxyl groups is 2. The predicted molar refractivity (Wildman–Crippen MR) is 154 cm³/mol. The van der Waals surface area contributed by atoms with Crippen molar-refractivity contribution in [3.8, 4) is 17.6 Å². The SMILES string of the molecule is CCNC(=O)C1OC(n2cnc3c(N)nc(C#CCC4CCN(C(=O)Oc5ccc(C(=O)OC)cc5)CC4)nc32)[C@@H](O)[C@H]1O. The number of imidazole rings is 1. The van der Waals surface area contributed by atoms with E-state index in [1.54, 1.807) is 24.0 Å². The molecule has 5 N–H and O–H groups in total. The van der Waals surface area contributed by atoms with Gasteiger partial charge >= 0.3 is 12.1 Å². The number of benzene rings is 1. The number of nitrogens with zero attached hydrogens (tertiary/aromatic N) is 5. The number of hydrogen-bond donors (Lipinski definition) is 4. The molecule has 232 valence electrons. The van der Waals surface area contributed by atoms with E-state index in [9.17, 15) is 24.6 Å². The highest BCUT2D eigenvalue weighted by Gasteiger charge is 2.47. The molecule has 0 aliphatic carbocycles. The first-order valence-corrected chi connectivity index (χ1v) is 14.1. The molecule has 0 spiro atoms. The summed E-state index contributed by atoms with van der Waals surface area (Å²) in [5, 5.41) is 23.6. The van der Waals surface area contributed by atoms with Crippen LogP contribution in [0.5, 0.6) is 5.75 Å². The number of methoxy groups -OCH3 is 1. The van der Waals surface area contributed by atoms with Crippen molar-refractivity contribution >= 4 is 35.0 Å². The fourth-order valence-corrected chi connectivity index (χ4v) is 5.10. The highest BCUT2D eigenvalue weighted by atomic mass is 16.6. The maximum absolute atomic E-state index is 12.6. The second-order valence-corrected chi connectivity index (χ2v) is 10.4. The lowest BCUT2D eigenvalue weighted by Crippen LogP contribution is -2.42. The number of rotatable bonds is 6. The predicted octanol–water partition coefficient (Wildman–Crippen LogP) is 0.603. The van der Waals surface area contributed by atoms with Crippen molar-refractivity contribution in [2.45, 2.75) is 50.7 Å². The quantitative estimate of drug-likeness (QED) is 0.225. The highest BCUT2D eigenvalue weighted by molar-refractivity contribution is 5.89. The molecule has 0 saturated carbocycles. The molecular formula is C29H33N7O8. The Balaban J connectivity index is 1.18. The van der Waals surface area contributed by atoms with E-state index in [4.69, 9.17) is 15.2 Å². The van der Waals surface area contributed by atoms with Gasteiger partial charge in [-0.3, -0.25) is 9.36 Å². The molecule has 44 heavy (non-hydrogen) atoms. The van der Waals surface area contributed by atoms with Crippen molar-refractivity contribution in [2.24, 2.45) is 5.92 Å². The van der Waals surface area contributed by atoms with Crippen LogP contribution >= 0.6 is 0 Å². The molecule has 2 fully saturated rings. The van der Waals surface area contributed by atoms with Crippen LogP contribution in [0, 0.1) is 17.8 Å². The molecule has 4 heterocycles. The molecule has 2 aliphatic heterocycles. The van der Waals surface area contributed by atoms with Gasteiger partial charge in [0.2, 0.25) is 5.82 Å². The van der Waals surface area contributed by atoms with Gasteiger partial charge in [-0.2, -0.15) is 0 Å². The third kappa shape index (κ3) is 6.42. The van der Waals surface area contributed by atoms with Gasteiger partial charge in [-0.25, -0.2) is 24.5 Å². The molecular weight excluding hydrogens is 574 g/mol. The van der Waals surface area contributed by atoms with E-state index < -0.39 is 42.5 Å². The Labute approximate surface area is 252 Å². The lowest BCUT2D eigenvalue weighted by Gasteiger charge is -2.30. The second-order valence-electron chi connectivity index (χ2n) is 10.4. The third-order valence-electron chi connectivity index (χ3n) is 7.51. The van der Waals surface area contributed by atoms with Crippen molar-refractivity contribution in [3.05, 3.63) is 42.0 Å². The second kappa shape index (κ2) is 13.2. The zero-order valence-corrected chi connectivity index (χ0v) is 24.2. The molecule has 15 nitrogen and oxygen atoms in total. The van der Waals surface area contributed by atoms with Crippen LogP contribution in [0.1, 0.15) is 48.6 Å². The number of aliphatic hydroxyl groups excluding tert-OH is 2. The Morgan fingerprint density at radius 2 is 1.86 bits per heavy atom. The van der Waals surface area contributed by atoms with Crippen LogP contribution in [0.15, 0.2) is 30.6 Å². The first-order chi connectivity index (χ1) is 21.2. The summed E-state index contributed by atoms with van der Waals surface area (Å²) >= 11 is 0. The molecule has 2 aliphatic rings. The summed E-state index contributed by atoms with van der Waals surface area (Å²) in [6.07, 6.45) is -2.37. The Morgan fingerprint density at radius 1 is 1.14 bits per heavy atom. The summed E-state index contributed by atoms with van der Waals surface area (Å²) in [5.74, 6) is 5.81. The minimum atomic E-state index is -1.45. The summed E-state index contributed by atoms with van der Waals surface area (Å²) in [7, 11) is 1.30. The van der Waals surface area contributed by atoms with E-state index in [2.05, 4.69) is 36.8 Å². The number of nitrogens with two attached hydrogens (primary N) is 1. The van der Waals surface area contributed by atoms with Gasteiger partial charge in [-0.1, -0.05) is 5.92 Å². The monoisotopic (exact) mass is 607 g/mol. The first kappa shape index (κ1) is 30.7. The summed E-state index contributed by atoms with van der Waals surface area (Å²) in [5.41, 5.74) is 6.97. The van der Waals surface area contributed by atoms with Gasteiger partial charge < -0.3 is 40.4 Å². The number of anilines is 1. The van der Waals surface area contributed by atoms with Crippen LogP contribution in [-0.4, -0.2) is 97.7 Å². The minimum absolute atomic E-state index is 0.0816. The number of hydrogen-bond acceptors (Lipinski definition) is 12. The molecule has 2 saturated heterocycles. The molecule has 4 atom stereocenters. The van der Waals surface area contributed by atoms with E-state index in [-0.39, 0.29) is 28.7 Å². The maximum Gasteiger partial charge on any atom is 0.415 e. The number of piperidine rings is 1. The van der Waals surface area contributed by atoms with Crippen molar-refractivity contribution in [1.82, 2.24) is 29.7 Å². The standard InChI is InChI=1S/C29H33N7O8/c1-3-31-26(39)23-21(37)22(38)27(44-23)36-15-32-20-24(30)33-19(34-25(20)36)6-4-5-16-11-13-35(14-12-16)29(41)43-18-9-7-17(8-10-18)28(40)42-2/h7-10,15-16,21-23,27,37-38H,3,5,11-14H2,1-2H3,(H,31,39)(H2,30,33,34)/t21-,22+,23?,27?/m1/s1. The highest BCUT2D eigenvalue weighted by Crippen LogP contribution is 2.32.